The quantitative estimate of drug-likeness (QED) is 0.721. The van der Waals surface area contributed by atoms with Crippen LogP contribution in [0.4, 0.5) is 18.9 Å². The smallest absolute Gasteiger partial charge is 0.243 e. The summed E-state index contributed by atoms with van der Waals surface area (Å²) >= 11 is 0. The highest BCUT2D eigenvalue weighted by Crippen LogP contribution is 2.32. The molecule has 0 atom stereocenters. The number of halogens is 3. The third-order valence-electron chi connectivity index (χ3n) is 3.78. The van der Waals surface area contributed by atoms with Gasteiger partial charge in [-0.1, -0.05) is 12.8 Å². The summed E-state index contributed by atoms with van der Waals surface area (Å²) in [6, 6.07) is 1.57. The molecule has 126 valence electrons. The molecule has 0 heterocycles. The van der Waals surface area contributed by atoms with Gasteiger partial charge in [0.25, 0.3) is 0 Å². The van der Waals surface area contributed by atoms with E-state index < -0.39 is 47.1 Å². The maximum absolute atomic E-state index is 13.4. The van der Waals surface area contributed by atoms with Crippen molar-refractivity contribution in [2.24, 2.45) is 0 Å². The summed E-state index contributed by atoms with van der Waals surface area (Å²) in [6.45, 7) is -0.465. The number of aliphatic hydroxyl groups is 1. The molecule has 1 aliphatic carbocycles. The Kier molecular flexibility index (Phi) is 5.25. The summed E-state index contributed by atoms with van der Waals surface area (Å²) in [5.74, 6) is -5.85. The van der Waals surface area contributed by atoms with Gasteiger partial charge in [-0.2, -0.15) is 0 Å². The van der Waals surface area contributed by atoms with Crippen molar-refractivity contribution in [3.8, 4) is 0 Å². The average Bonchev–Trinajstić information content (AvgIpc) is 2.92. The van der Waals surface area contributed by atoms with E-state index in [2.05, 4.69) is 5.32 Å². The van der Waals surface area contributed by atoms with E-state index in [1.165, 1.54) is 0 Å². The average molecular weight is 330 g/mol. The third-order valence-corrected chi connectivity index (χ3v) is 3.78. The van der Waals surface area contributed by atoms with Crippen LogP contribution in [0.5, 0.6) is 0 Å². The second-order valence-corrected chi connectivity index (χ2v) is 5.66. The lowest BCUT2D eigenvalue weighted by Crippen LogP contribution is -2.38. The van der Waals surface area contributed by atoms with E-state index in [1.807, 2.05) is 5.32 Å². The van der Waals surface area contributed by atoms with Crippen molar-refractivity contribution in [2.75, 3.05) is 11.9 Å². The van der Waals surface area contributed by atoms with Crippen LogP contribution in [-0.4, -0.2) is 29.1 Å². The molecule has 0 aliphatic heterocycles. The highest BCUT2D eigenvalue weighted by Gasteiger charge is 2.33. The zero-order valence-electron chi connectivity index (χ0n) is 12.3. The van der Waals surface area contributed by atoms with Gasteiger partial charge in [-0.05, 0) is 25.0 Å². The van der Waals surface area contributed by atoms with E-state index >= 15 is 0 Å². The number of hydrogen-bond donors (Lipinski definition) is 3. The second-order valence-electron chi connectivity index (χ2n) is 5.66. The Balaban J connectivity index is 1.83. The minimum atomic E-state index is -1.68. The molecule has 1 fully saturated rings. The van der Waals surface area contributed by atoms with E-state index in [0.29, 0.717) is 18.9 Å². The molecular formula is C15H17F3N2O3. The number of anilines is 1. The van der Waals surface area contributed by atoms with Crippen molar-refractivity contribution >= 4 is 17.5 Å². The Morgan fingerprint density at radius 2 is 1.74 bits per heavy atom. The molecule has 0 radical (unpaired) electrons. The molecule has 0 bridgehead atoms. The molecule has 23 heavy (non-hydrogen) atoms. The fraction of sp³-hybridized carbons (Fsp3) is 0.467. The number of carbonyl (C=O) groups is 2. The first-order valence-electron chi connectivity index (χ1n) is 7.23. The molecular weight excluding hydrogens is 313 g/mol. The van der Waals surface area contributed by atoms with Crippen LogP contribution in [0.2, 0.25) is 0 Å². The Hall–Kier alpha value is -2.09. The summed E-state index contributed by atoms with van der Waals surface area (Å²) in [5, 5.41) is 14.4. The SMILES string of the molecule is O=C(CC1(O)CCCC1)NCC(=O)Nc1ccc(F)c(F)c1F. The van der Waals surface area contributed by atoms with E-state index in [9.17, 15) is 27.9 Å². The van der Waals surface area contributed by atoms with Crippen molar-refractivity contribution in [1.82, 2.24) is 5.32 Å². The van der Waals surface area contributed by atoms with Crippen LogP contribution in [0.15, 0.2) is 12.1 Å². The zero-order valence-corrected chi connectivity index (χ0v) is 12.3. The van der Waals surface area contributed by atoms with Gasteiger partial charge in [-0.25, -0.2) is 13.2 Å². The number of rotatable bonds is 5. The standard InChI is InChI=1S/C15H17F3N2O3/c16-9-3-4-10(14(18)13(9)17)20-12(22)8-19-11(21)7-15(23)5-1-2-6-15/h3-4,23H,1-2,5-8H2,(H,19,21)(H,20,22). The van der Waals surface area contributed by atoms with Crippen LogP contribution in [0.3, 0.4) is 0 Å². The van der Waals surface area contributed by atoms with Crippen LogP contribution in [0.1, 0.15) is 32.1 Å². The Labute approximate surface area is 130 Å². The van der Waals surface area contributed by atoms with E-state index in [-0.39, 0.29) is 6.42 Å². The van der Waals surface area contributed by atoms with Crippen LogP contribution in [-0.2, 0) is 9.59 Å². The second kappa shape index (κ2) is 6.99. The van der Waals surface area contributed by atoms with Gasteiger partial charge in [0.15, 0.2) is 17.5 Å². The van der Waals surface area contributed by atoms with Gasteiger partial charge in [0, 0.05) is 0 Å². The first kappa shape index (κ1) is 17.3. The molecule has 0 saturated heterocycles. The van der Waals surface area contributed by atoms with Crippen molar-refractivity contribution < 1.29 is 27.9 Å². The fourth-order valence-corrected chi connectivity index (χ4v) is 2.57. The number of hydrogen-bond acceptors (Lipinski definition) is 3. The molecule has 0 unspecified atom stereocenters. The molecule has 1 saturated carbocycles. The first-order chi connectivity index (χ1) is 10.8. The maximum atomic E-state index is 13.4. The number of carbonyl (C=O) groups excluding carboxylic acids is 2. The molecule has 0 spiro atoms. The topological polar surface area (TPSA) is 78.4 Å². The maximum Gasteiger partial charge on any atom is 0.243 e. The molecule has 1 aliphatic rings. The summed E-state index contributed by atoms with van der Waals surface area (Å²) in [4.78, 5) is 23.3. The molecule has 2 amide bonds. The fourth-order valence-electron chi connectivity index (χ4n) is 2.57. The summed E-state index contributed by atoms with van der Waals surface area (Å²) in [5.41, 5.74) is -1.55. The molecule has 5 nitrogen and oxygen atoms in total. The van der Waals surface area contributed by atoms with E-state index in [4.69, 9.17) is 0 Å². The summed E-state index contributed by atoms with van der Waals surface area (Å²) in [7, 11) is 0. The molecule has 1 aromatic rings. The lowest BCUT2D eigenvalue weighted by atomic mass is 9.98. The van der Waals surface area contributed by atoms with E-state index in [0.717, 1.165) is 18.9 Å². The van der Waals surface area contributed by atoms with Gasteiger partial charge in [0.05, 0.1) is 24.3 Å². The Bertz CT molecular complexity index is 616. The van der Waals surface area contributed by atoms with Gasteiger partial charge in [0.2, 0.25) is 11.8 Å². The lowest BCUT2D eigenvalue weighted by molar-refractivity contribution is -0.128. The van der Waals surface area contributed by atoms with Crippen LogP contribution < -0.4 is 10.6 Å². The largest absolute Gasteiger partial charge is 0.389 e. The monoisotopic (exact) mass is 330 g/mol. The van der Waals surface area contributed by atoms with Crippen molar-refractivity contribution in [3.63, 3.8) is 0 Å². The predicted molar refractivity (Wildman–Crippen MR) is 76.0 cm³/mol. The Morgan fingerprint density at radius 1 is 1.09 bits per heavy atom. The van der Waals surface area contributed by atoms with Gasteiger partial charge in [0.1, 0.15) is 0 Å². The van der Waals surface area contributed by atoms with E-state index in [1.54, 1.807) is 0 Å². The molecule has 3 N–H and O–H groups in total. The number of amides is 2. The predicted octanol–water partition coefficient (Wildman–Crippen LogP) is 1.85. The zero-order chi connectivity index (χ0) is 17.0. The normalized spacial score (nSPS) is 16.2. The minimum absolute atomic E-state index is 0.111. The molecule has 8 heteroatoms. The van der Waals surface area contributed by atoms with Crippen LogP contribution in [0.25, 0.3) is 0 Å². The molecule has 2 rings (SSSR count). The van der Waals surface area contributed by atoms with Gasteiger partial charge < -0.3 is 15.7 Å². The van der Waals surface area contributed by atoms with Crippen molar-refractivity contribution in [1.29, 1.82) is 0 Å². The highest BCUT2D eigenvalue weighted by molar-refractivity contribution is 5.94. The molecule has 0 aromatic heterocycles. The van der Waals surface area contributed by atoms with Gasteiger partial charge >= 0.3 is 0 Å². The van der Waals surface area contributed by atoms with Crippen molar-refractivity contribution in [3.05, 3.63) is 29.6 Å². The van der Waals surface area contributed by atoms with Crippen molar-refractivity contribution in [2.45, 2.75) is 37.7 Å². The Morgan fingerprint density at radius 3 is 2.39 bits per heavy atom. The minimum Gasteiger partial charge on any atom is -0.389 e. The third kappa shape index (κ3) is 4.44. The molecule has 1 aromatic carbocycles. The lowest BCUT2D eigenvalue weighted by Gasteiger charge is -2.21. The van der Waals surface area contributed by atoms with Crippen LogP contribution in [0, 0.1) is 17.5 Å². The number of nitrogens with one attached hydrogen (secondary N) is 2. The van der Waals surface area contributed by atoms with Crippen LogP contribution >= 0.6 is 0 Å². The summed E-state index contributed by atoms with van der Waals surface area (Å²) < 4.78 is 39.2. The first-order valence-corrected chi connectivity index (χ1v) is 7.23. The highest BCUT2D eigenvalue weighted by atomic mass is 19.2. The van der Waals surface area contributed by atoms with Gasteiger partial charge in [-0.15, -0.1) is 0 Å². The van der Waals surface area contributed by atoms with Gasteiger partial charge in [-0.3, -0.25) is 9.59 Å². The summed E-state index contributed by atoms with van der Waals surface area (Å²) in [6.07, 6.45) is 2.65. The number of benzene rings is 1.